The zero-order valence-corrected chi connectivity index (χ0v) is 16.4. The number of guanidine groups is 1. The zero-order valence-electron chi connectivity index (χ0n) is 16.4. The van der Waals surface area contributed by atoms with Crippen LogP contribution in [0.1, 0.15) is 52.4 Å². The molecule has 25 heavy (non-hydrogen) atoms. The second kappa shape index (κ2) is 10.6. The molecule has 144 valence electrons. The summed E-state index contributed by atoms with van der Waals surface area (Å²) in [6.07, 6.45) is 6.73. The number of nitrogens with one attached hydrogen (secondary N) is 2. The molecule has 0 aromatic heterocycles. The predicted octanol–water partition coefficient (Wildman–Crippen LogP) is 1.67. The number of hydrogen-bond acceptors (Lipinski definition) is 3. The standard InChI is InChI=1S/C19H37N5O/c1-4-23(5-2)13-8-12-21-19(20-3)22-17-11-14-24(15-17)18(25)16-9-6-7-10-16/h16-17H,4-15H2,1-3H3,(H2,20,21,22). The molecule has 1 amide bonds. The molecule has 1 aliphatic carbocycles. The van der Waals surface area contributed by atoms with Gasteiger partial charge in [0.2, 0.25) is 5.91 Å². The Labute approximate surface area is 153 Å². The minimum absolute atomic E-state index is 0.288. The van der Waals surface area contributed by atoms with Crippen LogP contribution >= 0.6 is 0 Å². The lowest BCUT2D eigenvalue weighted by atomic mass is 10.1. The van der Waals surface area contributed by atoms with E-state index < -0.39 is 0 Å². The Hall–Kier alpha value is -1.30. The highest BCUT2D eigenvalue weighted by molar-refractivity contribution is 5.81. The van der Waals surface area contributed by atoms with E-state index in [0.717, 1.165) is 70.9 Å². The van der Waals surface area contributed by atoms with E-state index in [4.69, 9.17) is 0 Å². The summed E-state index contributed by atoms with van der Waals surface area (Å²) in [5, 5.41) is 6.90. The number of likely N-dealkylation sites (tertiary alicyclic amines) is 1. The second-order valence-corrected chi connectivity index (χ2v) is 7.27. The molecule has 0 spiro atoms. The van der Waals surface area contributed by atoms with Crippen LogP contribution in [0.3, 0.4) is 0 Å². The van der Waals surface area contributed by atoms with Gasteiger partial charge in [0, 0.05) is 38.6 Å². The van der Waals surface area contributed by atoms with E-state index in [2.05, 4.69) is 39.3 Å². The number of carbonyl (C=O) groups is 1. The van der Waals surface area contributed by atoms with Crippen LogP contribution in [0.2, 0.25) is 0 Å². The van der Waals surface area contributed by atoms with Gasteiger partial charge in [-0.15, -0.1) is 0 Å². The van der Waals surface area contributed by atoms with Gasteiger partial charge in [0.1, 0.15) is 0 Å². The number of amides is 1. The van der Waals surface area contributed by atoms with Crippen LogP contribution in [0.5, 0.6) is 0 Å². The van der Waals surface area contributed by atoms with Crippen molar-refractivity contribution in [3.05, 3.63) is 0 Å². The number of aliphatic imine (C=N–C) groups is 1. The van der Waals surface area contributed by atoms with Crippen molar-refractivity contribution in [2.45, 2.75) is 58.4 Å². The fourth-order valence-corrected chi connectivity index (χ4v) is 3.95. The molecule has 1 heterocycles. The Balaban J connectivity index is 1.67. The summed E-state index contributed by atoms with van der Waals surface area (Å²) in [4.78, 5) is 21.3. The molecule has 2 N–H and O–H groups in total. The van der Waals surface area contributed by atoms with E-state index in [1.54, 1.807) is 0 Å². The van der Waals surface area contributed by atoms with Gasteiger partial charge in [0.25, 0.3) is 0 Å². The van der Waals surface area contributed by atoms with Crippen molar-refractivity contribution in [3.63, 3.8) is 0 Å². The molecule has 1 unspecified atom stereocenters. The van der Waals surface area contributed by atoms with Crippen LogP contribution < -0.4 is 10.6 Å². The fourth-order valence-electron chi connectivity index (χ4n) is 3.95. The summed E-state index contributed by atoms with van der Waals surface area (Å²) in [5.74, 6) is 1.53. The van der Waals surface area contributed by atoms with Crippen molar-refractivity contribution in [1.29, 1.82) is 0 Å². The summed E-state index contributed by atoms with van der Waals surface area (Å²) in [7, 11) is 1.82. The minimum atomic E-state index is 0.288. The molecule has 2 aliphatic rings. The lowest BCUT2D eigenvalue weighted by Gasteiger charge is -2.22. The van der Waals surface area contributed by atoms with Gasteiger partial charge in [-0.05, 0) is 45.3 Å². The fraction of sp³-hybridized carbons (Fsp3) is 0.895. The molecular formula is C19H37N5O. The Morgan fingerprint density at radius 3 is 2.56 bits per heavy atom. The molecule has 6 nitrogen and oxygen atoms in total. The maximum atomic E-state index is 12.5. The van der Waals surface area contributed by atoms with E-state index in [1.807, 2.05) is 7.05 Å². The van der Waals surface area contributed by atoms with Crippen molar-refractivity contribution in [3.8, 4) is 0 Å². The third-order valence-corrected chi connectivity index (χ3v) is 5.61. The SMILES string of the molecule is CCN(CC)CCCNC(=NC)NC1CCN(C(=O)C2CCCC2)C1. The van der Waals surface area contributed by atoms with Gasteiger partial charge in [-0.3, -0.25) is 9.79 Å². The maximum Gasteiger partial charge on any atom is 0.225 e. The normalized spacial score (nSPS) is 22.0. The summed E-state index contributed by atoms with van der Waals surface area (Å²) in [6.45, 7) is 10.4. The van der Waals surface area contributed by atoms with Gasteiger partial charge in [-0.1, -0.05) is 26.7 Å². The van der Waals surface area contributed by atoms with Gasteiger partial charge >= 0.3 is 0 Å². The van der Waals surface area contributed by atoms with E-state index in [9.17, 15) is 4.79 Å². The van der Waals surface area contributed by atoms with Crippen LogP contribution in [0.4, 0.5) is 0 Å². The lowest BCUT2D eigenvalue weighted by Crippen LogP contribution is -2.46. The summed E-state index contributed by atoms with van der Waals surface area (Å²) in [6, 6.07) is 0.319. The van der Waals surface area contributed by atoms with Crippen LogP contribution in [0.25, 0.3) is 0 Å². The Morgan fingerprint density at radius 1 is 1.20 bits per heavy atom. The van der Waals surface area contributed by atoms with Gasteiger partial charge in [0.05, 0.1) is 0 Å². The minimum Gasteiger partial charge on any atom is -0.356 e. The summed E-state index contributed by atoms with van der Waals surface area (Å²) in [5.41, 5.74) is 0. The quantitative estimate of drug-likeness (QED) is 0.397. The monoisotopic (exact) mass is 351 g/mol. The lowest BCUT2D eigenvalue weighted by molar-refractivity contribution is -0.134. The average Bonchev–Trinajstić information content (AvgIpc) is 3.32. The molecule has 0 radical (unpaired) electrons. The zero-order chi connectivity index (χ0) is 18.1. The largest absolute Gasteiger partial charge is 0.356 e. The Bertz CT molecular complexity index is 430. The molecule has 1 atom stereocenters. The first-order valence-electron chi connectivity index (χ1n) is 10.2. The Morgan fingerprint density at radius 2 is 1.92 bits per heavy atom. The number of carbonyl (C=O) groups excluding carboxylic acids is 1. The molecule has 0 aromatic carbocycles. The molecule has 2 fully saturated rings. The van der Waals surface area contributed by atoms with Gasteiger partial charge in [0.15, 0.2) is 5.96 Å². The molecule has 0 aromatic rings. The first-order chi connectivity index (χ1) is 12.2. The van der Waals surface area contributed by atoms with Crippen molar-refractivity contribution in [1.82, 2.24) is 20.4 Å². The molecular weight excluding hydrogens is 314 g/mol. The topological polar surface area (TPSA) is 60.0 Å². The highest BCUT2D eigenvalue weighted by Gasteiger charge is 2.32. The summed E-state index contributed by atoms with van der Waals surface area (Å²) < 4.78 is 0. The summed E-state index contributed by atoms with van der Waals surface area (Å²) >= 11 is 0. The van der Waals surface area contributed by atoms with Crippen LogP contribution in [-0.4, -0.2) is 74.0 Å². The van der Waals surface area contributed by atoms with Gasteiger partial charge in [-0.2, -0.15) is 0 Å². The molecule has 0 bridgehead atoms. The number of hydrogen-bond donors (Lipinski definition) is 2. The number of nitrogens with zero attached hydrogens (tertiary/aromatic N) is 3. The van der Waals surface area contributed by atoms with Gasteiger partial charge < -0.3 is 20.4 Å². The highest BCUT2D eigenvalue weighted by Crippen LogP contribution is 2.27. The highest BCUT2D eigenvalue weighted by atomic mass is 16.2. The Kier molecular flexibility index (Phi) is 8.52. The average molecular weight is 352 g/mol. The van der Waals surface area contributed by atoms with Crippen molar-refractivity contribution in [2.24, 2.45) is 10.9 Å². The first kappa shape index (κ1) is 20.0. The van der Waals surface area contributed by atoms with E-state index in [0.29, 0.717) is 11.9 Å². The van der Waals surface area contributed by atoms with Crippen LogP contribution in [0.15, 0.2) is 4.99 Å². The van der Waals surface area contributed by atoms with E-state index in [1.165, 1.54) is 12.8 Å². The first-order valence-corrected chi connectivity index (χ1v) is 10.2. The van der Waals surface area contributed by atoms with Crippen molar-refractivity contribution in [2.75, 3.05) is 46.3 Å². The van der Waals surface area contributed by atoms with Crippen molar-refractivity contribution < 1.29 is 4.79 Å². The smallest absolute Gasteiger partial charge is 0.225 e. The molecule has 1 aliphatic heterocycles. The van der Waals surface area contributed by atoms with Crippen LogP contribution in [-0.2, 0) is 4.79 Å². The molecule has 6 heteroatoms. The predicted molar refractivity (Wildman–Crippen MR) is 104 cm³/mol. The van der Waals surface area contributed by atoms with Crippen molar-refractivity contribution >= 4 is 11.9 Å². The maximum absolute atomic E-state index is 12.5. The van der Waals surface area contributed by atoms with E-state index >= 15 is 0 Å². The second-order valence-electron chi connectivity index (χ2n) is 7.27. The van der Waals surface area contributed by atoms with E-state index in [-0.39, 0.29) is 5.92 Å². The molecule has 1 saturated heterocycles. The van der Waals surface area contributed by atoms with Crippen LogP contribution in [0, 0.1) is 5.92 Å². The molecule has 2 rings (SSSR count). The molecule has 1 saturated carbocycles. The number of rotatable bonds is 8. The third-order valence-electron chi connectivity index (χ3n) is 5.61. The van der Waals surface area contributed by atoms with Gasteiger partial charge in [-0.25, -0.2) is 0 Å². The third kappa shape index (κ3) is 6.17.